The van der Waals surface area contributed by atoms with Gasteiger partial charge in [0.05, 0.1) is 11.5 Å². The molecule has 0 bridgehead atoms. The molecule has 0 N–H and O–H groups in total. The maximum absolute atomic E-state index is 12.0. The number of allylic oxidation sites excluding steroid dienone is 1. The van der Waals surface area contributed by atoms with Gasteiger partial charge in [0.15, 0.2) is 6.61 Å². The zero-order chi connectivity index (χ0) is 18.4. The molecule has 7 heteroatoms. The number of thioether (sulfide) groups is 1. The van der Waals surface area contributed by atoms with E-state index in [4.69, 9.17) is 9.47 Å². The number of benzene rings is 1. The summed E-state index contributed by atoms with van der Waals surface area (Å²) in [5.41, 5.74) is 1.59. The maximum Gasteiger partial charge on any atom is 0.344 e. The normalized spacial score (nSPS) is 15.6. The molecule has 0 spiro atoms. The minimum atomic E-state index is -0.437. The summed E-state index contributed by atoms with van der Waals surface area (Å²) >= 11 is 0.906. The second kappa shape index (κ2) is 8.53. The number of carbonyl (C=O) groups excluding carboxylic acids is 3. The molecule has 1 saturated heterocycles. The summed E-state index contributed by atoms with van der Waals surface area (Å²) < 4.78 is 10.3. The molecule has 6 nitrogen and oxygen atoms in total. The lowest BCUT2D eigenvalue weighted by atomic mass is 10.1. The molecule has 25 heavy (non-hydrogen) atoms. The number of rotatable bonds is 7. The highest BCUT2D eigenvalue weighted by molar-refractivity contribution is 8.18. The highest BCUT2D eigenvalue weighted by Crippen LogP contribution is 2.32. The van der Waals surface area contributed by atoms with Gasteiger partial charge in [0.2, 0.25) is 0 Å². The van der Waals surface area contributed by atoms with Crippen LogP contribution >= 0.6 is 11.8 Å². The Kier molecular flexibility index (Phi) is 6.41. The Hall–Kier alpha value is -2.54. The van der Waals surface area contributed by atoms with Gasteiger partial charge in [-0.3, -0.25) is 14.5 Å². The van der Waals surface area contributed by atoms with Crippen LogP contribution in [0.4, 0.5) is 4.79 Å². The van der Waals surface area contributed by atoms with Crippen molar-refractivity contribution in [2.45, 2.75) is 13.3 Å². The number of imide groups is 1. The lowest BCUT2D eigenvalue weighted by molar-refractivity contribution is -0.145. The minimum absolute atomic E-state index is 0.175. The Bertz CT molecular complexity index is 741. The number of amides is 2. The fraction of sp³-hybridized carbons (Fsp3) is 0.278. The Morgan fingerprint density at radius 3 is 2.72 bits per heavy atom. The number of hydrogen-bond acceptors (Lipinski definition) is 6. The van der Waals surface area contributed by atoms with Crippen LogP contribution < -0.4 is 4.74 Å². The monoisotopic (exact) mass is 361 g/mol. The van der Waals surface area contributed by atoms with Crippen LogP contribution in [0.1, 0.15) is 18.1 Å². The number of likely N-dealkylation sites (N-methyl/N-ethyl adjacent to an activating group) is 1. The summed E-state index contributed by atoms with van der Waals surface area (Å²) in [5, 5.41) is -0.294. The van der Waals surface area contributed by atoms with E-state index in [2.05, 4.69) is 6.58 Å². The third-order valence-electron chi connectivity index (χ3n) is 3.38. The van der Waals surface area contributed by atoms with Crippen LogP contribution in [-0.4, -0.2) is 42.3 Å². The number of esters is 1. The van der Waals surface area contributed by atoms with E-state index in [0.29, 0.717) is 23.7 Å². The van der Waals surface area contributed by atoms with E-state index in [-0.39, 0.29) is 17.8 Å². The van der Waals surface area contributed by atoms with Crippen molar-refractivity contribution >= 4 is 35.0 Å². The number of hydrogen-bond donors (Lipinski definition) is 0. The maximum atomic E-state index is 12.0. The lowest BCUT2D eigenvalue weighted by Crippen LogP contribution is -2.22. The van der Waals surface area contributed by atoms with Gasteiger partial charge in [-0.2, -0.15) is 0 Å². The quantitative estimate of drug-likeness (QED) is 0.422. The highest BCUT2D eigenvalue weighted by atomic mass is 32.2. The van der Waals surface area contributed by atoms with Crippen LogP contribution in [0.15, 0.2) is 35.8 Å². The van der Waals surface area contributed by atoms with E-state index in [1.54, 1.807) is 31.2 Å². The Morgan fingerprint density at radius 2 is 2.12 bits per heavy atom. The van der Waals surface area contributed by atoms with Gasteiger partial charge in [0, 0.05) is 7.05 Å². The van der Waals surface area contributed by atoms with E-state index in [1.807, 2.05) is 6.07 Å². The second-order valence-electron chi connectivity index (χ2n) is 5.19. The fourth-order valence-electron chi connectivity index (χ4n) is 2.18. The van der Waals surface area contributed by atoms with Gasteiger partial charge in [-0.05, 0) is 54.4 Å². The molecule has 0 atom stereocenters. The third kappa shape index (κ3) is 4.73. The van der Waals surface area contributed by atoms with E-state index in [0.717, 1.165) is 27.8 Å². The SMILES string of the molecule is C=CCc1cc(/C=C2\SC(=O)N(C)C2=O)ccc1OCC(=O)OCC. The van der Waals surface area contributed by atoms with E-state index in [1.165, 1.54) is 7.05 Å². The first kappa shape index (κ1) is 18.8. The van der Waals surface area contributed by atoms with E-state index >= 15 is 0 Å². The highest BCUT2D eigenvalue weighted by Gasteiger charge is 2.31. The van der Waals surface area contributed by atoms with Crippen molar-refractivity contribution in [3.8, 4) is 5.75 Å². The Balaban J connectivity index is 2.20. The first-order chi connectivity index (χ1) is 12.0. The molecule has 2 amide bonds. The van der Waals surface area contributed by atoms with Gasteiger partial charge < -0.3 is 9.47 Å². The average Bonchev–Trinajstić information content (AvgIpc) is 2.82. The minimum Gasteiger partial charge on any atom is -0.482 e. The van der Waals surface area contributed by atoms with Crippen LogP contribution in [0.3, 0.4) is 0 Å². The van der Waals surface area contributed by atoms with Gasteiger partial charge in [-0.1, -0.05) is 12.1 Å². The standard InChI is InChI=1S/C18H19NO5S/c1-4-6-13-9-12(10-15-17(21)19(3)18(22)25-15)7-8-14(13)24-11-16(20)23-5-2/h4,7-10H,1,5-6,11H2,2-3H3/b15-10-. The van der Waals surface area contributed by atoms with Crippen LogP contribution in [0.2, 0.25) is 0 Å². The molecule has 132 valence electrons. The molecule has 1 fully saturated rings. The molecule has 2 rings (SSSR count). The predicted octanol–water partition coefficient (Wildman–Crippen LogP) is 3.02. The molecule has 1 heterocycles. The molecule has 0 radical (unpaired) electrons. The molecular formula is C18H19NO5S. The van der Waals surface area contributed by atoms with Crippen molar-refractivity contribution < 1.29 is 23.9 Å². The molecule has 1 aromatic carbocycles. The Labute approximate surface area is 150 Å². The first-order valence-electron chi connectivity index (χ1n) is 7.70. The van der Waals surface area contributed by atoms with Crippen molar-refractivity contribution in [2.24, 2.45) is 0 Å². The smallest absolute Gasteiger partial charge is 0.344 e. The number of nitrogens with zero attached hydrogens (tertiary/aromatic N) is 1. The van der Waals surface area contributed by atoms with Crippen LogP contribution in [0, 0.1) is 0 Å². The summed E-state index contributed by atoms with van der Waals surface area (Å²) in [5.74, 6) is -0.204. The summed E-state index contributed by atoms with van der Waals surface area (Å²) in [6.45, 7) is 5.57. The van der Waals surface area contributed by atoms with Crippen molar-refractivity contribution in [3.05, 3.63) is 46.9 Å². The first-order valence-corrected chi connectivity index (χ1v) is 8.51. The molecule has 0 saturated carbocycles. The summed E-state index contributed by atoms with van der Waals surface area (Å²) in [6.07, 6.45) is 3.92. The predicted molar refractivity (Wildman–Crippen MR) is 96.2 cm³/mol. The van der Waals surface area contributed by atoms with Crippen LogP contribution in [0.5, 0.6) is 5.75 Å². The van der Waals surface area contributed by atoms with Crippen molar-refractivity contribution in [1.29, 1.82) is 0 Å². The van der Waals surface area contributed by atoms with Crippen molar-refractivity contribution in [3.63, 3.8) is 0 Å². The van der Waals surface area contributed by atoms with E-state index < -0.39 is 5.97 Å². The largest absolute Gasteiger partial charge is 0.482 e. The van der Waals surface area contributed by atoms with Crippen molar-refractivity contribution in [2.75, 3.05) is 20.3 Å². The topological polar surface area (TPSA) is 72.9 Å². The fourth-order valence-corrected chi connectivity index (χ4v) is 3.01. The van der Waals surface area contributed by atoms with Gasteiger partial charge in [-0.15, -0.1) is 6.58 Å². The average molecular weight is 361 g/mol. The van der Waals surface area contributed by atoms with Gasteiger partial charge in [0.25, 0.3) is 11.1 Å². The van der Waals surface area contributed by atoms with E-state index in [9.17, 15) is 14.4 Å². The third-order valence-corrected chi connectivity index (χ3v) is 4.34. The zero-order valence-electron chi connectivity index (χ0n) is 14.1. The molecule has 0 aromatic heterocycles. The molecule has 0 aliphatic carbocycles. The molecule has 1 aromatic rings. The molecular weight excluding hydrogens is 342 g/mol. The van der Waals surface area contributed by atoms with Crippen molar-refractivity contribution in [1.82, 2.24) is 4.90 Å². The number of carbonyl (C=O) groups is 3. The number of ether oxygens (including phenoxy) is 2. The summed E-state index contributed by atoms with van der Waals surface area (Å²) in [7, 11) is 1.45. The zero-order valence-corrected chi connectivity index (χ0v) is 14.9. The van der Waals surface area contributed by atoms with Gasteiger partial charge in [-0.25, -0.2) is 4.79 Å². The molecule has 1 aliphatic rings. The summed E-state index contributed by atoms with van der Waals surface area (Å²) in [4.78, 5) is 36.4. The molecule has 0 unspecified atom stereocenters. The van der Waals surface area contributed by atoms with Crippen LogP contribution in [0.25, 0.3) is 6.08 Å². The Morgan fingerprint density at radius 1 is 1.36 bits per heavy atom. The van der Waals surface area contributed by atoms with Crippen LogP contribution in [-0.2, 0) is 20.7 Å². The lowest BCUT2D eigenvalue weighted by Gasteiger charge is -2.11. The van der Waals surface area contributed by atoms with Gasteiger partial charge in [0.1, 0.15) is 5.75 Å². The second-order valence-corrected chi connectivity index (χ2v) is 6.19. The molecule has 1 aliphatic heterocycles. The summed E-state index contributed by atoms with van der Waals surface area (Å²) in [6, 6.07) is 5.32. The van der Waals surface area contributed by atoms with Gasteiger partial charge >= 0.3 is 5.97 Å².